The number of aromatic nitrogens is 1. The van der Waals surface area contributed by atoms with Crippen LogP contribution in [-0.2, 0) is 13.0 Å². The zero-order valence-electron chi connectivity index (χ0n) is 11.7. The summed E-state index contributed by atoms with van der Waals surface area (Å²) in [6.45, 7) is 6.58. The molecule has 0 spiro atoms. The fraction of sp³-hybridized carbons (Fsp3) is 0.312. The number of pyridine rings is 1. The molecule has 0 saturated carbocycles. The number of ether oxygens (including phenoxy) is 1. The topological polar surface area (TPSA) is 48.1 Å². The van der Waals surface area contributed by atoms with E-state index in [1.807, 2.05) is 38.1 Å². The van der Waals surface area contributed by atoms with Crippen LogP contribution in [0.4, 0.5) is 0 Å². The molecule has 3 heteroatoms. The van der Waals surface area contributed by atoms with Crippen molar-refractivity contribution >= 4 is 0 Å². The number of aryl methyl sites for hydroxylation is 3. The molecule has 0 amide bonds. The monoisotopic (exact) mass is 256 g/mol. The fourth-order valence-corrected chi connectivity index (χ4v) is 2.03. The summed E-state index contributed by atoms with van der Waals surface area (Å²) in [6.07, 6.45) is 0.848. The van der Waals surface area contributed by atoms with Gasteiger partial charge in [-0.2, -0.15) is 0 Å². The quantitative estimate of drug-likeness (QED) is 0.910. The van der Waals surface area contributed by atoms with Gasteiger partial charge in [-0.05, 0) is 38.5 Å². The lowest BCUT2D eigenvalue weighted by molar-refractivity contribution is 0.466. The molecule has 3 nitrogen and oxygen atoms in total. The van der Waals surface area contributed by atoms with Crippen LogP contribution in [0.3, 0.4) is 0 Å². The standard InChI is InChI=1S/C16H20N2O/c1-4-14-16(8-6-12(3)18-14)19-15-7-5-11(2)9-13(15)10-17/h5-9H,4,10,17H2,1-3H3. The van der Waals surface area contributed by atoms with Crippen LogP contribution in [0.5, 0.6) is 11.5 Å². The van der Waals surface area contributed by atoms with E-state index in [1.165, 1.54) is 5.56 Å². The van der Waals surface area contributed by atoms with Crippen LogP contribution in [0.1, 0.15) is 29.4 Å². The number of hydrogen-bond acceptors (Lipinski definition) is 3. The molecule has 0 fully saturated rings. The Hall–Kier alpha value is -1.87. The van der Waals surface area contributed by atoms with Crippen molar-refractivity contribution in [1.29, 1.82) is 0 Å². The van der Waals surface area contributed by atoms with E-state index in [-0.39, 0.29) is 0 Å². The summed E-state index contributed by atoms with van der Waals surface area (Å²) in [6, 6.07) is 9.99. The van der Waals surface area contributed by atoms with Crippen molar-refractivity contribution in [3.8, 4) is 11.5 Å². The van der Waals surface area contributed by atoms with E-state index < -0.39 is 0 Å². The molecule has 0 aliphatic carbocycles. The van der Waals surface area contributed by atoms with Gasteiger partial charge in [-0.25, -0.2) is 0 Å². The van der Waals surface area contributed by atoms with Crippen molar-refractivity contribution in [1.82, 2.24) is 4.98 Å². The van der Waals surface area contributed by atoms with E-state index in [0.29, 0.717) is 6.54 Å². The van der Waals surface area contributed by atoms with E-state index in [0.717, 1.165) is 34.9 Å². The van der Waals surface area contributed by atoms with Gasteiger partial charge in [-0.3, -0.25) is 4.98 Å². The van der Waals surface area contributed by atoms with Crippen LogP contribution in [0.25, 0.3) is 0 Å². The summed E-state index contributed by atoms with van der Waals surface area (Å²) in [5.74, 6) is 1.63. The minimum atomic E-state index is 0.470. The third kappa shape index (κ3) is 3.12. The predicted octanol–water partition coefficient (Wildman–Crippen LogP) is 3.51. The third-order valence-corrected chi connectivity index (χ3v) is 3.06. The molecule has 2 aromatic rings. The summed E-state index contributed by atoms with van der Waals surface area (Å²) < 4.78 is 5.99. The fourth-order valence-electron chi connectivity index (χ4n) is 2.03. The molecule has 0 atom stereocenters. The summed E-state index contributed by atoms with van der Waals surface area (Å²) in [4.78, 5) is 4.50. The highest BCUT2D eigenvalue weighted by atomic mass is 16.5. The molecule has 0 saturated heterocycles. The first-order chi connectivity index (χ1) is 9.13. The first-order valence-corrected chi connectivity index (χ1v) is 6.58. The van der Waals surface area contributed by atoms with E-state index in [9.17, 15) is 0 Å². The molecule has 1 aromatic carbocycles. The molecule has 2 rings (SSSR count). The molecule has 0 bridgehead atoms. The van der Waals surface area contributed by atoms with Crippen molar-refractivity contribution in [2.45, 2.75) is 33.7 Å². The molecule has 0 radical (unpaired) electrons. The number of hydrogen-bond donors (Lipinski definition) is 1. The van der Waals surface area contributed by atoms with Crippen LogP contribution in [0, 0.1) is 13.8 Å². The lowest BCUT2D eigenvalue weighted by atomic mass is 10.1. The van der Waals surface area contributed by atoms with E-state index in [2.05, 4.69) is 18.0 Å². The molecule has 1 aromatic heterocycles. The summed E-state index contributed by atoms with van der Waals surface area (Å²) in [5.41, 5.74) is 9.96. The van der Waals surface area contributed by atoms with Gasteiger partial charge in [0.05, 0.1) is 5.69 Å². The van der Waals surface area contributed by atoms with Gasteiger partial charge in [0.1, 0.15) is 11.5 Å². The van der Waals surface area contributed by atoms with Gasteiger partial charge in [-0.1, -0.05) is 24.6 Å². The highest BCUT2D eigenvalue weighted by Gasteiger charge is 2.08. The Labute approximate surface area is 114 Å². The zero-order valence-corrected chi connectivity index (χ0v) is 11.7. The Balaban J connectivity index is 2.36. The molecular formula is C16H20N2O. The predicted molar refractivity (Wildman–Crippen MR) is 77.5 cm³/mol. The largest absolute Gasteiger partial charge is 0.455 e. The molecule has 0 unspecified atom stereocenters. The van der Waals surface area contributed by atoms with Crippen molar-refractivity contribution in [3.05, 3.63) is 52.8 Å². The van der Waals surface area contributed by atoms with Gasteiger partial charge in [-0.15, -0.1) is 0 Å². The Bertz CT molecular complexity index is 527. The molecule has 19 heavy (non-hydrogen) atoms. The summed E-state index contributed by atoms with van der Waals surface area (Å²) in [5, 5.41) is 0. The maximum Gasteiger partial charge on any atom is 0.148 e. The van der Waals surface area contributed by atoms with Crippen LogP contribution in [0.2, 0.25) is 0 Å². The van der Waals surface area contributed by atoms with Gasteiger partial charge in [0.25, 0.3) is 0 Å². The van der Waals surface area contributed by atoms with Gasteiger partial charge < -0.3 is 10.5 Å². The molecule has 0 aliphatic heterocycles. The number of nitrogens with zero attached hydrogens (tertiary/aromatic N) is 1. The van der Waals surface area contributed by atoms with Crippen LogP contribution in [0.15, 0.2) is 30.3 Å². The Kier molecular flexibility index (Phi) is 4.17. The number of rotatable bonds is 4. The van der Waals surface area contributed by atoms with E-state index in [4.69, 9.17) is 10.5 Å². The summed E-state index contributed by atoms with van der Waals surface area (Å²) in [7, 11) is 0. The second kappa shape index (κ2) is 5.85. The van der Waals surface area contributed by atoms with Crippen LogP contribution >= 0.6 is 0 Å². The average Bonchev–Trinajstić information content (AvgIpc) is 2.42. The minimum Gasteiger partial charge on any atom is -0.455 e. The molecule has 1 heterocycles. The minimum absolute atomic E-state index is 0.470. The first-order valence-electron chi connectivity index (χ1n) is 6.58. The summed E-state index contributed by atoms with van der Waals surface area (Å²) >= 11 is 0. The lowest BCUT2D eigenvalue weighted by Crippen LogP contribution is -2.02. The number of nitrogens with two attached hydrogens (primary N) is 1. The Morgan fingerprint density at radius 3 is 2.53 bits per heavy atom. The van der Waals surface area contributed by atoms with Crippen LogP contribution < -0.4 is 10.5 Å². The number of benzene rings is 1. The SMILES string of the molecule is CCc1nc(C)ccc1Oc1ccc(C)cc1CN. The second-order valence-corrected chi connectivity index (χ2v) is 4.67. The second-order valence-electron chi connectivity index (χ2n) is 4.67. The maximum absolute atomic E-state index is 5.99. The molecule has 100 valence electrons. The van der Waals surface area contributed by atoms with Crippen molar-refractivity contribution in [2.75, 3.05) is 0 Å². The van der Waals surface area contributed by atoms with Gasteiger partial charge in [0.15, 0.2) is 0 Å². The Morgan fingerprint density at radius 1 is 1.11 bits per heavy atom. The average molecular weight is 256 g/mol. The van der Waals surface area contributed by atoms with Crippen molar-refractivity contribution in [3.63, 3.8) is 0 Å². The lowest BCUT2D eigenvalue weighted by Gasteiger charge is -2.13. The Morgan fingerprint density at radius 2 is 1.84 bits per heavy atom. The highest BCUT2D eigenvalue weighted by molar-refractivity contribution is 5.41. The molecular weight excluding hydrogens is 236 g/mol. The van der Waals surface area contributed by atoms with E-state index >= 15 is 0 Å². The maximum atomic E-state index is 5.99. The van der Waals surface area contributed by atoms with Gasteiger partial charge in [0, 0.05) is 17.8 Å². The van der Waals surface area contributed by atoms with Crippen molar-refractivity contribution in [2.24, 2.45) is 5.73 Å². The van der Waals surface area contributed by atoms with E-state index in [1.54, 1.807) is 0 Å². The van der Waals surface area contributed by atoms with Gasteiger partial charge >= 0.3 is 0 Å². The zero-order chi connectivity index (χ0) is 13.8. The van der Waals surface area contributed by atoms with Crippen molar-refractivity contribution < 1.29 is 4.74 Å². The third-order valence-electron chi connectivity index (χ3n) is 3.06. The molecule has 0 aliphatic rings. The van der Waals surface area contributed by atoms with Gasteiger partial charge in [0.2, 0.25) is 0 Å². The van der Waals surface area contributed by atoms with Crippen LogP contribution in [-0.4, -0.2) is 4.98 Å². The first kappa shape index (κ1) is 13.6. The normalized spacial score (nSPS) is 10.5. The highest BCUT2D eigenvalue weighted by Crippen LogP contribution is 2.28. The smallest absolute Gasteiger partial charge is 0.148 e. The molecule has 2 N–H and O–H groups in total.